The van der Waals surface area contributed by atoms with Crippen molar-refractivity contribution in [1.82, 2.24) is 0 Å². The highest BCUT2D eigenvalue weighted by molar-refractivity contribution is 6.31. The lowest BCUT2D eigenvalue weighted by Gasteiger charge is -2.23. The number of carbonyl (C=O) groups is 1. The number of nitro groups is 1. The predicted octanol–water partition coefficient (Wildman–Crippen LogP) is 3.29. The van der Waals surface area contributed by atoms with Gasteiger partial charge in [0, 0.05) is 11.6 Å². The maximum atomic E-state index is 11.2. The lowest BCUT2D eigenvalue weighted by atomic mass is 9.81. The molecule has 0 saturated heterocycles. The Labute approximate surface area is 110 Å². The molecule has 0 amide bonds. The molecule has 1 aromatic carbocycles. The molecule has 98 valence electrons. The number of nitrogens with zero attached hydrogens (tertiary/aromatic N) is 1. The first-order chi connectivity index (χ1) is 8.31. The van der Waals surface area contributed by atoms with Crippen LogP contribution in [0.1, 0.15) is 25.8 Å². The number of aliphatic carboxylic acids is 1. The Morgan fingerprint density at radius 3 is 2.61 bits per heavy atom. The summed E-state index contributed by atoms with van der Waals surface area (Å²) in [6, 6.07) is 4.34. The summed E-state index contributed by atoms with van der Waals surface area (Å²) in [7, 11) is 0. The van der Waals surface area contributed by atoms with Gasteiger partial charge in [0.05, 0.1) is 15.4 Å². The highest BCUT2D eigenvalue weighted by atomic mass is 35.5. The summed E-state index contributed by atoms with van der Waals surface area (Å²) in [4.78, 5) is 21.6. The normalized spacial score (nSPS) is 13.9. The maximum absolute atomic E-state index is 11.2. The average molecular weight is 272 g/mol. The third-order valence-electron chi connectivity index (χ3n) is 3.15. The van der Waals surface area contributed by atoms with Crippen LogP contribution >= 0.6 is 11.6 Å². The molecular formula is C12H14ClNO4. The van der Waals surface area contributed by atoms with Crippen molar-refractivity contribution in [1.29, 1.82) is 0 Å². The number of carboxylic acid groups (broad SMARTS) is 1. The number of rotatable bonds is 5. The Balaban J connectivity index is 3.26. The first-order valence-corrected chi connectivity index (χ1v) is 5.85. The van der Waals surface area contributed by atoms with Crippen LogP contribution in [-0.4, -0.2) is 16.0 Å². The van der Waals surface area contributed by atoms with Gasteiger partial charge in [0.15, 0.2) is 0 Å². The molecule has 18 heavy (non-hydrogen) atoms. The van der Waals surface area contributed by atoms with Crippen molar-refractivity contribution in [3.63, 3.8) is 0 Å². The molecule has 0 spiro atoms. The fraction of sp³-hybridized carbons (Fsp3) is 0.417. The number of hydrogen-bond acceptors (Lipinski definition) is 3. The highest BCUT2D eigenvalue weighted by Crippen LogP contribution is 2.35. The second kappa shape index (κ2) is 5.35. The Morgan fingerprint density at radius 1 is 1.56 bits per heavy atom. The average Bonchev–Trinajstić information content (AvgIpc) is 2.30. The highest BCUT2D eigenvalue weighted by Gasteiger charge is 2.34. The molecule has 0 saturated carbocycles. The zero-order chi connectivity index (χ0) is 13.9. The second-order valence-electron chi connectivity index (χ2n) is 4.39. The molecule has 1 N–H and O–H groups in total. The Bertz CT molecular complexity index is 489. The van der Waals surface area contributed by atoms with Gasteiger partial charge in [-0.1, -0.05) is 24.6 Å². The van der Waals surface area contributed by atoms with E-state index in [2.05, 4.69) is 0 Å². The molecule has 5 nitrogen and oxygen atoms in total. The van der Waals surface area contributed by atoms with Gasteiger partial charge in [-0.3, -0.25) is 14.9 Å². The molecule has 0 aliphatic rings. The first-order valence-electron chi connectivity index (χ1n) is 5.47. The summed E-state index contributed by atoms with van der Waals surface area (Å²) in [5, 5.41) is 20.3. The molecule has 0 aliphatic heterocycles. The molecule has 1 aromatic rings. The van der Waals surface area contributed by atoms with Gasteiger partial charge in [0.25, 0.3) is 5.69 Å². The van der Waals surface area contributed by atoms with Crippen LogP contribution in [0, 0.1) is 15.5 Å². The van der Waals surface area contributed by atoms with Gasteiger partial charge in [-0.15, -0.1) is 0 Å². The third-order valence-corrected chi connectivity index (χ3v) is 3.51. The summed E-state index contributed by atoms with van der Waals surface area (Å²) in [5.74, 6) is -0.987. The summed E-state index contributed by atoms with van der Waals surface area (Å²) in [6.07, 6.45) is 0.402. The van der Waals surface area contributed by atoms with Gasteiger partial charge in [0.1, 0.15) is 0 Å². The van der Waals surface area contributed by atoms with Crippen molar-refractivity contribution in [2.24, 2.45) is 5.41 Å². The summed E-state index contributed by atoms with van der Waals surface area (Å²) in [6.45, 7) is 3.29. The van der Waals surface area contributed by atoms with E-state index < -0.39 is 16.3 Å². The van der Waals surface area contributed by atoms with Gasteiger partial charge >= 0.3 is 5.97 Å². The quantitative estimate of drug-likeness (QED) is 0.658. The van der Waals surface area contributed by atoms with Crippen LogP contribution in [0.4, 0.5) is 5.69 Å². The van der Waals surface area contributed by atoms with Crippen LogP contribution in [0.3, 0.4) is 0 Å². The number of nitro benzene ring substituents is 1. The number of hydrogen-bond donors (Lipinski definition) is 1. The fourth-order valence-electron chi connectivity index (χ4n) is 1.64. The standard InChI is InChI=1S/C12H14ClNO4/c1-3-12(2,11(15)16)7-8-9(13)5-4-6-10(8)14(17)18/h4-6H,3,7H2,1-2H3,(H,15,16). The Morgan fingerprint density at radius 2 is 2.17 bits per heavy atom. The Kier molecular flexibility index (Phi) is 4.29. The SMILES string of the molecule is CCC(C)(Cc1c(Cl)cccc1[N+](=O)[O-])C(=O)O. The van der Waals surface area contributed by atoms with Crippen LogP contribution in [0.5, 0.6) is 0 Å². The monoisotopic (exact) mass is 271 g/mol. The van der Waals surface area contributed by atoms with Crippen molar-refractivity contribution in [2.75, 3.05) is 0 Å². The predicted molar refractivity (Wildman–Crippen MR) is 67.8 cm³/mol. The van der Waals surface area contributed by atoms with E-state index in [-0.39, 0.29) is 22.7 Å². The van der Waals surface area contributed by atoms with E-state index in [0.29, 0.717) is 6.42 Å². The van der Waals surface area contributed by atoms with Crippen LogP contribution in [0.15, 0.2) is 18.2 Å². The van der Waals surface area contributed by atoms with E-state index in [1.165, 1.54) is 18.2 Å². The van der Waals surface area contributed by atoms with Gasteiger partial charge in [-0.25, -0.2) is 0 Å². The van der Waals surface area contributed by atoms with Gasteiger partial charge in [0.2, 0.25) is 0 Å². The summed E-state index contributed by atoms with van der Waals surface area (Å²) in [5.41, 5.74) is -0.921. The molecular weight excluding hydrogens is 258 g/mol. The third kappa shape index (κ3) is 2.79. The fourth-order valence-corrected chi connectivity index (χ4v) is 1.87. The van der Waals surface area contributed by atoms with Crippen molar-refractivity contribution in [2.45, 2.75) is 26.7 Å². The maximum Gasteiger partial charge on any atom is 0.309 e. The van der Waals surface area contributed by atoms with Crippen LogP contribution in [0.25, 0.3) is 0 Å². The van der Waals surface area contributed by atoms with E-state index in [9.17, 15) is 20.0 Å². The lowest BCUT2D eigenvalue weighted by Crippen LogP contribution is -2.29. The topological polar surface area (TPSA) is 80.4 Å². The molecule has 1 rings (SSSR count). The zero-order valence-electron chi connectivity index (χ0n) is 10.1. The van der Waals surface area contributed by atoms with Gasteiger partial charge in [-0.05, 0) is 25.8 Å². The molecule has 0 radical (unpaired) electrons. The molecule has 0 fully saturated rings. The van der Waals surface area contributed by atoms with Gasteiger partial charge in [-0.2, -0.15) is 0 Å². The van der Waals surface area contributed by atoms with Crippen LogP contribution < -0.4 is 0 Å². The Hall–Kier alpha value is -1.62. The van der Waals surface area contributed by atoms with E-state index >= 15 is 0 Å². The first kappa shape index (κ1) is 14.4. The smallest absolute Gasteiger partial charge is 0.309 e. The summed E-state index contributed by atoms with van der Waals surface area (Å²) >= 11 is 5.94. The van der Waals surface area contributed by atoms with Crippen LogP contribution in [0.2, 0.25) is 5.02 Å². The number of benzene rings is 1. The minimum absolute atomic E-state index is 0.0365. The second-order valence-corrected chi connectivity index (χ2v) is 4.80. The lowest BCUT2D eigenvalue weighted by molar-refractivity contribution is -0.385. The van der Waals surface area contributed by atoms with E-state index in [4.69, 9.17) is 11.6 Å². The number of carboxylic acids is 1. The van der Waals surface area contributed by atoms with Crippen molar-refractivity contribution in [3.8, 4) is 0 Å². The van der Waals surface area contributed by atoms with Crippen molar-refractivity contribution >= 4 is 23.3 Å². The van der Waals surface area contributed by atoms with E-state index in [0.717, 1.165) is 0 Å². The largest absolute Gasteiger partial charge is 0.481 e. The van der Waals surface area contributed by atoms with Crippen LogP contribution in [-0.2, 0) is 11.2 Å². The molecule has 1 atom stereocenters. The molecule has 0 aromatic heterocycles. The zero-order valence-corrected chi connectivity index (χ0v) is 10.9. The van der Waals surface area contributed by atoms with E-state index in [1.54, 1.807) is 13.8 Å². The summed E-state index contributed by atoms with van der Waals surface area (Å²) < 4.78 is 0. The van der Waals surface area contributed by atoms with E-state index in [1.807, 2.05) is 0 Å². The molecule has 0 heterocycles. The molecule has 1 unspecified atom stereocenters. The minimum atomic E-state index is -1.06. The van der Waals surface area contributed by atoms with Gasteiger partial charge < -0.3 is 5.11 Å². The molecule has 0 aliphatic carbocycles. The molecule has 0 bridgehead atoms. The van der Waals surface area contributed by atoms with Crippen molar-refractivity contribution in [3.05, 3.63) is 38.9 Å². The minimum Gasteiger partial charge on any atom is -0.481 e. The number of halogens is 1. The molecule has 6 heteroatoms. The van der Waals surface area contributed by atoms with Crippen molar-refractivity contribution < 1.29 is 14.8 Å².